The van der Waals surface area contributed by atoms with Crippen LogP contribution in [-0.4, -0.2) is 8.42 Å². The third-order valence-electron chi connectivity index (χ3n) is 3.39. The SMILES string of the molecule is O=S1(=O)Oc2cc3ccccc3c(Nc3ccccc3)c2O1. The lowest BCUT2D eigenvalue weighted by molar-refractivity contribution is 0.437. The van der Waals surface area contributed by atoms with Crippen molar-refractivity contribution in [2.24, 2.45) is 0 Å². The van der Waals surface area contributed by atoms with Crippen LogP contribution >= 0.6 is 0 Å². The zero-order chi connectivity index (χ0) is 15.2. The zero-order valence-electron chi connectivity index (χ0n) is 11.3. The molecule has 5 nitrogen and oxygen atoms in total. The predicted octanol–water partition coefficient (Wildman–Crippen LogP) is 3.60. The first kappa shape index (κ1) is 13.0. The number of rotatable bonds is 2. The molecule has 3 aromatic rings. The van der Waals surface area contributed by atoms with E-state index in [0.29, 0.717) is 5.69 Å². The van der Waals surface area contributed by atoms with Gasteiger partial charge < -0.3 is 13.7 Å². The third kappa shape index (κ3) is 2.14. The third-order valence-corrected chi connectivity index (χ3v) is 4.14. The number of hydrogen-bond donors (Lipinski definition) is 1. The van der Waals surface area contributed by atoms with Gasteiger partial charge in [-0.2, -0.15) is 0 Å². The Morgan fingerprint density at radius 1 is 0.864 bits per heavy atom. The molecule has 0 radical (unpaired) electrons. The Morgan fingerprint density at radius 2 is 1.59 bits per heavy atom. The molecule has 0 atom stereocenters. The van der Waals surface area contributed by atoms with Crippen LogP contribution in [0.5, 0.6) is 11.5 Å². The Balaban J connectivity index is 1.96. The molecule has 6 heteroatoms. The zero-order valence-corrected chi connectivity index (χ0v) is 12.1. The highest BCUT2D eigenvalue weighted by molar-refractivity contribution is 7.82. The lowest BCUT2D eigenvalue weighted by Crippen LogP contribution is -2.08. The summed E-state index contributed by atoms with van der Waals surface area (Å²) >= 11 is 0. The van der Waals surface area contributed by atoms with E-state index < -0.39 is 10.4 Å². The lowest BCUT2D eigenvalue weighted by Gasteiger charge is -2.12. The van der Waals surface area contributed by atoms with Crippen LogP contribution in [0.1, 0.15) is 0 Å². The Morgan fingerprint density at radius 3 is 2.41 bits per heavy atom. The molecule has 0 aliphatic carbocycles. The van der Waals surface area contributed by atoms with Gasteiger partial charge in [0.05, 0.1) is 5.69 Å². The normalized spacial score (nSPS) is 14.9. The molecule has 1 aliphatic rings. The van der Waals surface area contributed by atoms with Crippen LogP contribution in [0.2, 0.25) is 0 Å². The van der Waals surface area contributed by atoms with Gasteiger partial charge in [0.1, 0.15) is 0 Å². The fourth-order valence-electron chi connectivity index (χ4n) is 2.47. The summed E-state index contributed by atoms with van der Waals surface area (Å²) in [7, 11) is -4.04. The molecule has 0 saturated heterocycles. The highest BCUT2D eigenvalue weighted by atomic mass is 32.3. The average molecular weight is 313 g/mol. The molecule has 3 aromatic carbocycles. The van der Waals surface area contributed by atoms with Crippen molar-refractivity contribution < 1.29 is 16.8 Å². The maximum atomic E-state index is 11.6. The first-order chi connectivity index (χ1) is 10.6. The summed E-state index contributed by atoms with van der Waals surface area (Å²) in [4.78, 5) is 0. The second kappa shape index (κ2) is 4.64. The maximum absolute atomic E-state index is 11.6. The van der Waals surface area contributed by atoms with Crippen molar-refractivity contribution in [1.82, 2.24) is 0 Å². The lowest BCUT2D eigenvalue weighted by atomic mass is 10.1. The molecule has 0 spiro atoms. The molecule has 1 heterocycles. The van der Waals surface area contributed by atoms with E-state index in [1.54, 1.807) is 6.07 Å². The van der Waals surface area contributed by atoms with Gasteiger partial charge in [0.25, 0.3) is 0 Å². The molecule has 110 valence electrons. The molecule has 0 amide bonds. The molecule has 0 saturated carbocycles. The van der Waals surface area contributed by atoms with Crippen LogP contribution in [0.25, 0.3) is 10.8 Å². The Kier molecular flexibility index (Phi) is 2.74. The van der Waals surface area contributed by atoms with Gasteiger partial charge in [-0.3, -0.25) is 0 Å². The summed E-state index contributed by atoms with van der Waals surface area (Å²) in [5.41, 5.74) is 1.40. The van der Waals surface area contributed by atoms with E-state index in [4.69, 9.17) is 8.37 Å². The number of nitrogens with one attached hydrogen (secondary N) is 1. The van der Waals surface area contributed by atoms with Crippen molar-refractivity contribution in [3.05, 3.63) is 60.7 Å². The molecule has 1 aliphatic heterocycles. The van der Waals surface area contributed by atoms with E-state index in [2.05, 4.69) is 5.32 Å². The average Bonchev–Trinajstić information content (AvgIpc) is 2.82. The first-order valence-electron chi connectivity index (χ1n) is 6.64. The van der Waals surface area contributed by atoms with Gasteiger partial charge in [0.2, 0.25) is 5.75 Å². The molecule has 22 heavy (non-hydrogen) atoms. The van der Waals surface area contributed by atoms with Gasteiger partial charge in [-0.15, -0.1) is 8.42 Å². The monoisotopic (exact) mass is 313 g/mol. The Labute approximate surface area is 127 Å². The molecular weight excluding hydrogens is 302 g/mol. The Hall–Kier alpha value is -2.73. The number of para-hydroxylation sites is 1. The van der Waals surface area contributed by atoms with Crippen LogP contribution in [0.4, 0.5) is 11.4 Å². The number of fused-ring (bicyclic) bond motifs is 2. The minimum Gasteiger partial charge on any atom is -0.352 e. The van der Waals surface area contributed by atoms with Crippen LogP contribution in [0.3, 0.4) is 0 Å². The number of benzene rings is 3. The quantitative estimate of drug-likeness (QED) is 0.783. The van der Waals surface area contributed by atoms with E-state index in [1.807, 2.05) is 54.6 Å². The second-order valence-corrected chi connectivity index (χ2v) is 6.02. The topological polar surface area (TPSA) is 64.6 Å². The van der Waals surface area contributed by atoms with E-state index in [1.165, 1.54) is 0 Å². The van der Waals surface area contributed by atoms with Crippen LogP contribution in [-0.2, 0) is 10.4 Å². The fourth-order valence-corrected chi connectivity index (χ4v) is 3.21. The van der Waals surface area contributed by atoms with E-state index in [-0.39, 0.29) is 11.5 Å². The highest BCUT2D eigenvalue weighted by Crippen LogP contribution is 2.47. The fraction of sp³-hybridized carbons (Fsp3) is 0. The van der Waals surface area contributed by atoms with Crippen molar-refractivity contribution in [2.45, 2.75) is 0 Å². The molecule has 0 fully saturated rings. The molecule has 1 N–H and O–H groups in total. The van der Waals surface area contributed by atoms with Crippen molar-refractivity contribution in [2.75, 3.05) is 5.32 Å². The molecule has 0 unspecified atom stereocenters. The molecule has 0 bridgehead atoms. The summed E-state index contributed by atoms with van der Waals surface area (Å²) in [5, 5.41) is 4.93. The van der Waals surface area contributed by atoms with E-state index in [0.717, 1.165) is 16.5 Å². The van der Waals surface area contributed by atoms with E-state index >= 15 is 0 Å². The van der Waals surface area contributed by atoms with Crippen molar-refractivity contribution in [3.63, 3.8) is 0 Å². The van der Waals surface area contributed by atoms with Gasteiger partial charge in [0, 0.05) is 11.1 Å². The van der Waals surface area contributed by atoms with Gasteiger partial charge in [-0.1, -0.05) is 42.5 Å². The predicted molar refractivity (Wildman–Crippen MR) is 83.8 cm³/mol. The van der Waals surface area contributed by atoms with Crippen LogP contribution in [0.15, 0.2) is 60.7 Å². The standard InChI is InChI=1S/C16H11NO4S/c18-22(19)20-14-10-11-6-4-5-9-13(11)15(16(14)21-22)17-12-7-2-1-3-8-12/h1-10,17H. The molecular formula is C16H11NO4S. The van der Waals surface area contributed by atoms with Gasteiger partial charge in [-0.05, 0) is 23.6 Å². The largest absolute Gasteiger partial charge is 0.501 e. The molecule has 0 aromatic heterocycles. The van der Waals surface area contributed by atoms with Crippen LogP contribution in [0, 0.1) is 0 Å². The van der Waals surface area contributed by atoms with Crippen LogP contribution < -0.4 is 13.7 Å². The van der Waals surface area contributed by atoms with Crippen molar-refractivity contribution >= 4 is 32.5 Å². The number of hydrogen-bond acceptors (Lipinski definition) is 5. The van der Waals surface area contributed by atoms with Gasteiger partial charge >= 0.3 is 10.4 Å². The smallest absolute Gasteiger partial charge is 0.352 e. The van der Waals surface area contributed by atoms with Crippen molar-refractivity contribution in [1.29, 1.82) is 0 Å². The molecule has 4 rings (SSSR count). The second-order valence-electron chi connectivity index (χ2n) is 4.87. The van der Waals surface area contributed by atoms with Gasteiger partial charge in [0.15, 0.2) is 5.75 Å². The summed E-state index contributed by atoms with van der Waals surface area (Å²) in [6.07, 6.45) is 0. The Bertz CT molecular complexity index is 968. The van der Waals surface area contributed by atoms with E-state index in [9.17, 15) is 8.42 Å². The minimum atomic E-state index is -4.04. The minimum absolute atomic E-state index is 0.183. The van der Waals surface area contributed by atoms with Gasteiger partial charge in [-0.25, -0.2) is 0 Å². The number of anilines is 2. The summed E-state index contributed by atoms with van der Waals surface area (Å²) < 4.78 is 33.1. The highest BCUT2D eigenvalue weighted by Gasteiger charge is 2.32. The first-order valence-corrected chi connectivity index (χ1v) is 7.97. The summed E-state index contributed by atoms with van der Waals surface area (Å²) in [6.45, 7) is 0. The van der Waals surface area contributed by atoms with Crippen molar-refractivity contribution in [3.8, 4) is 11.5 Å². The maximum Gasteiger partial charge on any atom is 0.501 e. The summed E-state index contributed by atoms with van der Waals surface area (Å²) in [5.74, 6) is 0.375. The summed E-state index contributed by atoms with van der Waals surface area (Å²) in [6, 6.07) is 18.7.